The van der Waals surface area contributed by atoms with Gasteiger partial charge in [-0.15, -0.1) is 0 Å². The van der Waals surface area contributed by atoms with E-state index in [0.717, 1.165) is 19.3 Å². The Kier molecular flexibility index (Phi) is 4.73. The summed E-state index contributed by atoms with van der Waals surface area (Å²) in [4.78, 5) is 10.9. The van der Waals surface area contributed by atoms with Crippen LogP contribution < -0.4 is 5.73 Å². The van der Waals surface area contributed by atoms with Gasteiger partial charge in [0, 0.05) is 0 Å². The zero-order valence-electron chi connectivity index (χ0n) is 9.26. The lowest BCUT2D eigenvalue weighted by Gasteiger charge is -2.24. The molecule has 0 spiro atoms. The van der Waals surface area contributed by atoms with Crippen LogP contribution in [-0.2, 0) is 14.6 Å². The van der Waals surface area contributed by atoms with Crippen molar-refractivity contribution < 1.29 is 18.3 Å². The second-order valence-electron chi connectivity index (χ2n) is 4.25. The van der Waals surface area contributed by atoms with E-state index >= 15 is 0 Å². The molecule has 0 heterocycles. The summed E-state index contributed by atoms with van der Waals surface area (Å²) in [6.07, 6.45) is 3.99. The van der Waals surface area contributed by atoms with Gasteiger partial charge in [-0.25, -0.2) is 8.42 Å². The van der Waals surface area contributed by atoms with Crippen LogP contribution in [0.25, 0.3) is 0 Å². The molecule has 1 fully saturated rings. The van der Waals surface area contributed by atoms with Crippen LogP contribution in [0.4, 0.5) is 0 Å². The van der Waals surface area contributed by atoms with E-state index in [2.05, 4.69) is 0 Å². The number of carboxylic acids is 1. The van der Waals surface area contributed by atoms with Gasteiger partial charge in [-0.1, -0.05) is 19.3 Å². The van der Waals surface area contributed by atoms with Crippen molar-refractivity contribution in [3.8, 4) is 0 Å². The summed E-state index contributed by atoms with van der Waals surface area (Å²) in [6.45, 7) is 0.0862. The van der Waals surface area contributed by atoms with E-state index in [1.54, 1.807) is 0 Å². The van der Waals surface area contributed by atoms with Crippen molar-refractivity contribution in [3.63, 3.8) is 0 Å². The third-order valence-electron chi connectivity index (χ3n) is 3.12. The van der Waals surface area contributed by atoms with Gasteiger partial charge in [0.1, 0.15) is 0 Å². The molecule has 0 bridgehead atoms. The number of sulfone groups is 1. The lowest BCUT2D eigenvalue weighted by molar-refractivity contribution is -0.136. The van der Waals surface area contributed by atoms with Crippen LogP contribution in [-0.4, -0.2) is 36.5 Å². The Balaban J connectivity index is 2.83. The molecule has 0 aromatic rings. The average Bonchev–Trinajstić information content (AvgIpc) is 2.26. The minimum Gasteiger partial charge on any atom is -0.480 e. The number of rotatable bonds is 5. The first-order chi connectivity index (χ1) is 7.50. The van der Waals surface area contributed by atoms with Crippen LogP contribution in [0.5, 0.6) is 0 Å². The molecular weight excluding hydrogens is 230 g/mol. The smallest absolute Gasteiger partial charge is 0.321 e. The first-order valence-electron chi connectivity index (χ1n) is 5.65. The molecule has 1 saturated carbocycles. The van der Waals surface area contributed by atoms with Gasteiger partial charge < -0.3 is 10.8 Å². The molecule has 94 valence electrons. The molecule has 16 heavy (non-hydrogen) atoms. The van der Waals surface area contributed by atoms with Gasteiger partial charge in [-0.2, -0.15) is 0 Å². The number of nitrogens with two attached hydrogens (primary N) is 1. The lowest BCUT2D eigenvalue weighted by atomic mass is 10.0. The topological polar surface area (TPSA) is 97.5 Å². The van der Waals surface area contributed by atoms with E-state index in [0.29, 0.717) is 12.8 Å². The zero-order chi connectivity index (χ0) is 12.2. The van der Waals surface area contributed by atoms with Crippen LogP contribution in [0.3, 0.4) is 0 Å². The summed E-state index contributed by atoms with van der Waals surface area (Å²) in [6, 6.07) is 0. The Morgan fingerprint density at radius 1 is 1.31 bits per heavy atom. The minimum absolute atomic E-state index is 0.00810. The molecule has 1 atom stereocenters. The van der Waals surface area contributed by atoms with Crippen LogP contribution in [0.2, 0.25) is 0 Å². The van der Waals surface area contributed by atoms with Gasteiger partial charge in [-0.05, 0) is 25.8 Å². The molecule has 0 amide bonds. The van der Waals surface area contributed by atoms with Crippen LogP contribution in [0, 0.1) is 0 Å². The standard InChI is InChI=1S/C10H19NO4S/c11-7-6-9(10(12)13)16(14,15)8-4-2-1-3-5-8/h8-9H,1-7,11H2,(H,12,13). The van der Waals surface area contributed by atoms with Gasteiger partial charge in [0.2, 0.25) is 0 Å². The van der Waals surface area contributed by atoms with Crippen molar-refractivity contribution >= 4 is 15.8 Å². The molecule has 1 rings (SSSR count). The van der Waals surface area contributed by atoms with Crippen LogP contribution in [0.1, 0.15) is 38.5 Å². The van der Waals surface area contributed by atoms with Crippen LogP contribution >= 0.6 is 0 Å². The van der Waals surface area contributed by atoms with Crippen LogP contribution in [0.15, 0.2) is 0 Å². The van der Waals surface area contributed by atoms with Crippen molar-refractivity contribution in [2.75, 3.05) is 6.54 Å². The molecule has 0 radical (unpaired) electrons. The summed E-state index contributed by atoms with van der Waals surface area (Å²) in [5.41, 5.74) is 5.27. The van der Waals surface area contributed by atoms with E-state index in [1.165, 1.54) is 0 Å². The van der Waals surface area contributed by atoms with E-state index in [9.17, 15) is 13.2 Å². The Morgan fingerprint density at radius 2 is 1.88 bits per heavy atom. The quantitative estimate of drug-likeness (QED) is 0.741. The fraction of sp³-hybridized carbons (Fsp3) is 0.900. The second-order valence-corrected chi connectivity index (χ2v) is 6.67. The molecular formula is C10H19NO4S. The predicted octanol–water partition coefficient (Wildman–Crippen LogP) is 0.536. The lowest BCUT2D eigenvalue weighted by Crippen LogP contribution is -2.39. The molecule has 1 aliphatic carbocycles. The minimum atomic E-state index is -3.57. The summed E-state index contributed by atoms with van der Waals surface area (Å²) in [5, 5.41) is 7.14. The Morgan fingerprint density at radius 3 is 2.31 bits per heavy atom. The van der Waals surface area contributed by atoms with Crippen molar-refractivity contribution in [2.24, 2.45) is 5.73 Å². The van der Waals surface area contributed by atoms with E-state index < -0.39 is 26.3 Å². The van der Waals surface area contributed by atoms with Crippen molar-refractivity contribution in [3.05, 3.63) is 0 Å². The third kappa shape index (κ3) is 2.95. The zero-order valence-corrected chi connectivity index (χ0v) is 10.1. The Labute approximate surface area is 95.9 Å². The summed E-state index contributed by atoms with van der Waals surface area (Å²) in [5.74, 6) is -1.27. The summed E-state index contributed by atoms with van der Waals surface area (Å²) >= 11 is 0. The maximum atomic E-state index is 12.1. The van der Waals surface area contributed by atoms with Gasteiger partial charge >= 0.3 is 5.97 Å². The van der Waals surface area contributed by atoms with Crippen molar-refractivity contribution in [1.82, 2.24) is 0 Å². The van der Waals surface area contributed by atoms with Gasteiger partial charge in [0.05, 0.1) is 5.25 Å². The molecule has 0 aromatic carbocycles. The highest BCUT2D eigenvalue weighted by atomic mass is 32.2. The monoisotopic (exact) mass is 249 g/mol. The van der Waals surface area contributed by atoms with E-state index in [4.69, 9.17) is 10.8 Å². The second kappa shape index (κ2) is 5.63. The fourth-order valence-corrected chi connectivity index (χ4v) is 4.41. The summed E-state index contributed by atoms with van der Waals surface area (Å²) < 4.78 is 24.2. The summed E-state index contributed by atoms with van der Waals surface area (Å²) in [7, 11) is -3.57. The third-order valence-corrected chi connectivity index (χ3v) is 5.75. The first kappa shape index (κ1) is 13.4. The molecule has 0 saturated heterocycles. The molecule has 1 aliphatic rings. The largest absolute Gasteiger partial charge is 0.480 e. The van der Waals surface area contributed by atoms with Crippen molar-refractivity contribution in [2.45, 2.75) is 49.0 Å². The Hall–Kier alpha value is -0.620. The Bertz CT molecular complexity index is 333. The van der Waals surface area contributed by atoms with E-state index in [1.807, 2.05) is 0 Å². The van der Waals surface area contributed by atoms with Gasteiger partial charge in [-0.3, -0.25) is 4.79 Å². The highest BCUT2D eigenvalue weighted by Gasteiger charge is 2.38. The molecule has 1 unspecified atom stereocenters. The highest BCUT2D eigenvalue weighted by molar-refractivity contribution is 7.93. The number of aliphatic carboxylic acids is 1. The number of hydrogen-bond acceptors (Lipinski definition) is 4. The first-order valence-corrected chi connectivity index (χ1v) is 7.26. The SMILES string of the molecule is NCCC(C(=O)O)S(=O)(=O)C1CCCCC1. The maximum absolute atomic E-state index is 12.1. The molecule has 0 aliphatic heterocycles. The molecule has 3 N–H and O–H groups in total. The normalized spacial score (nSPS) is 20.6. The number of hydrogen-bond donors (Lipinski definition) is 2. The van der Waals surface area contributed by atoms with Gasteiger partial charge in [0.15, 0.2) is 15.1 Å². The van der Waals surface area contributed by atoms with Crippen molar-refractivity contribution in [1.29, 1.82) is 0 Å². The number of carbonyl (C=O) groups is 1. The molecule has 6 heteroatoms. The predicted molar refractivity (Wildman–Crippen MR) is 60.9 cm³/mol. The molecule has 0 aromatic heterocycles. The van der Waals surface area contributed by atoms with Gasteiger partial charge in [0.25, 0.3) is 0 Å². The fourth-order valence-electron chi connectivity index (χ4n) is 2.21. The highest BCUT2D eigenvalue weighted by Crippen LogP contribution is 2.27. The maximum Gasteiger partial charge on any atom is 0.321 e. The number of carboxylic acid groups (broad SMARTS) is 1. The average molecular weight is 249 g/mol. The van der Waals surface area contributed by atoms with E-state index in [-0.39, 0.29) is 13.0 Å². The molecule has 5 nitrogen and oxygen atoms in total.